The summed E-state index contributed by atoms with van der Waals surface area (Å²) in [5.41, 5.74) is -0.204. The third-order valence-corrected chi connectivity index (χ3v) is 2.95. The van der Waals surface area contributed by atoms with Crippen LogP contribution in [0.4, 0.5) is 4.79 Å². The number of hydrogen-bond acceptors (Lipinski definition) is 3. The minimum Gasteiger partial charge on any atom is -0.465 e. The molecule has 0 aliphatic carbocycles. The fourth-order valence-electron chi connectivity index (χ4n) is 2.04. The van der Waals surface area contributed by atoms with Gasteiger partial charge in [0.15, 0.2) is 0 Å². The lowest BCUT2D eigenvalue weighted by Gasteiger charge is -2.24. The first-order valence-electron chi connectivity index (χ1n) is 4.90. The van der Waals surface area contributed by atoms with E-state index in [1.54, 1.807) is 6.21 Å². The zero-order valence-electron chi connectivity index (χ0n) is 7.98. The van der Waals surface area contributed by atoms with Crippen LogP contribution in [0.2, 0.25) is 0 Å². The molecule has 0 aromatic carbocycles. The van der Waals surface area contributed by atoms with Gasteiger partial charge in [0.2, 0.25) is 0 Å². The minimum absolute atomic E-state index is 0.204. The normalized spacial score (nSPS) is 31.6. The van der Waals surface area contributed by atoms with Gasteiger partial charge in [-0.05, 0) is 12.8 Å². The predicted octanol–water partition coefficient (Wildman–Crippen LogP) is 1.30. The summed E-state index contributed by atoms with van der Waals surface area (Å²) in [7, 11) is 0. The molecule has 1 N–H and O–H groups in total. The molecule has 1 atom stereocenters. The van der Waals surface area contributed by atoms with Crippen molar-refractivity contribution >= 4 is 12.3 Å². The van der Waals surface area contributed by atoms with E-state index in [4.69, 9.17) is 9.94 Å². The van der Waals surface area contributed by atoms with Gasteiger partial charge in [-0.2, -0.15) is 0 Å². The molecule has 2 aliphatic rings. The van der Waals surface area contributed by atoms with Gasteiger partial charge >= 0.3 is 6.09 Å². The number of amides is 1. The zero-order chi connectivity index (χ0) is 10.0. The summed E-state index contributed by atoms with van der Waals surface area (Å²) >= 11 is 0. The van der Waals surface area contributed by atoms with E-state index in [9.17, 15) is 4.79 Å². The van der Waals surface area contributed by atoms with Gasteiger partial charge in [0.1, 0.15) is 5.60 Å². The molecular weight excluding hydrogens is 184 g/mol. The zero-order valence-corrected chi connectivity index (χ0v) is 7.98. The van der Waals surface area contributed by atoms with Crippen molar-refractivity contribution in [3.05, 3.63) is 0 Å². The minimum atomic E-state index is -0.832. The number of carbonyl (C=O) groups is 1. The molecule has 1 spiro atoms. The number of oxime groups is 1. The maximum absolute atomic E-state index is 10.8. The lowest BCUT2D eigenvalue weighted by atomic mass is 9.92. The van der Waals surface area contributed by atoms with E-state index < -0.39 is 6.09 Å². The van der Waals surface area contributed by atoms with Crippen molar-refractivity contribution in [1.82, 2.24) is 4.90 Å². The Morgan fingerprint density at radius 2 is 2.36 bits per heavy atom. The van der Waals surface area contributed by atoms with Crippen molar-refractivity contribution in [2.75, 3.05) is 13.1 Å². The Bertz CT molecular complexity index is 257. The molecule has 1 amide bonds. The summed E-state index contributed by atoms with van der Waals surface area (Å²) in [6.45, 7) is 1.17. The molecule has 5 nitrogen and oxygen atoms in total. The maximum Gasteiger partial charge on any atom is 0.407 e. The average molecular weight is 198 g/mol. The van der Waals surface area contributed by atoms with Gasteiger partial charge < -0.3 is 14.8 Å². The third-order valence-electron chi connectivity index (χ3n) is 2.95. The molecule has 0 saturated carbocycles. The van der Waals surface area contributed by atoms with E-state index >= 15 is 0 Å². The van der Waals surface area contributed by atoms with Crippen LogP contribution in [0.25, 0.3) is 0 Å². The van der Waals surface area contributed by atoms with E-state index in [0.29, 0.717) is 13.1 Å². The van der Waals surface area contributed by atoms with Gasteiger partial charge in [0.05, 0.1) is 0 Å². The molecule has 1 unspecified atom stereocenters. The van der Waals surface area contributed by atoms with Crippen molar-refractivity contribution in [2.45, 2.75) is 31.3 Å². The van der Waals surface area contributed by atoms with Crippen molar-refractivity contribution in [3.8, 4) is 0 Å². The van der Waals surface area contributed by atoms with Crippen LogP contribution in [-0.2, 0) is 4.84 Å². The number of hydrogen-bond donors (Lipinski definition) is 1. The molecule has 5 heteroatoms. The maximum atomic E-state index is 10.8. The monoisotopic (exact) mass is 198 g/mol. The molecule has 14 heavy (non-hydrogen) atoms. The van der Waals surface area contributed by atoms with Crippen LogP contribution in [0.3, 0.4) is 0 Å². The SMILES string of the molecule is O=C(O)N1CCCC2(CC=NO2)CC1. The molecule has 0 radical (unpaired) electrons. The van der Waals surface area contributed by atoms with Gasteiger partial charge in [-0.1, -0.05) is 5.16 Å². The average Bonchev–Trinajstić information content (AvgIpc) is 2.47. The molecule has 2 aliphatic heterocycles. The Morgan fingerprint density at radius 1 is 1.50 bits per heavy atom. The van der Waals surface area contributed by atoms with Crippen molar-refractivity contribution in [3.63, 3.8) is 0 Å². The highest BCUT2D eigenvalue weighted by Crippen LogP contribution is 2.32. The van der Waals surface area contributed by atoms with E-state index in [1.165, 1.54) is 4.90 Å². The van der Waals surface area contributed by atoms with Gasteiger partial charge in [0, 0.05) is 32.1 Å². The summed E-state index contributed by atoms with van der Waals surface area (Å²) < 4.78 is 0. The Balaban J connectivity index is 1.97. The largest absolute Gasteiger partial charge is 0.465 e. The van der Waals surface area contributed by atoms with E-state index in [2.05, 4.69) is 5.16 Å². The van der Waals surface area contributed by atoms with Gasteiger partial charge in [-0.3, -0.25) is 0 Å². The van der Waals surface area contributed by atoms with Crippen LogP contribution < -0.4 is 0 Å². The second-order valence-electron chi connectivity index (χ2n) is 3.89. The molecule has 2 heterocycles. The van der Waals surface area contributed by atoms with Crippen LogP contribution in [0.5, 0.6) is 0 Å². The Morgan fingerprint density at radius 3 is 3.00 bits per heavy atom. The van der Waals surface area contributed by atoms with E-state index in [1.807, 2.05) is 0 Å². The van der Waals surface area contributed by atoms with Gasteiger partial charge in [-0.15, -0.1) is 0 Å². The standard InChI is InChI=1S/C9H14N2O3/c12-8(13)11-6-1-2-9(4-7-11)3-5-10-14-9/h5H,1-4,6-7H2,(H,12,13). The quantitative estimate of drug-likeness (QED) is 0.638. The lowest BCUT2D eigenvalue weighted by Crippen LogP contribution is -2.33. The second-order valence-corrected chi connectivity index (χ2v) is 3.89. The molecule has 1 fully saturated rings. The molecule has 2 rings (SSSR count). The van der Waals surface area contributed by atoms with Crippen LogP contribution >= 0.6 is 0 Å². The van der Waals surface area contributed by atoms with Crippen LogP contribution in [0.1, 0.15) is 25.7 Å². The molecular formula is C9H14N2O3. The van der Waals surface area contributed by atoms with Crippen LogP contribution in [0.15, 0.2) is 5.16 Å². The van der Waals surface area contributed by atoms with Gasteiger partial charge in [0.25, 0.3) is 0 Å². The first kappa shape index (κ1) is 9.30. The second kappa shape index (κ2) is 3.48. The first-order chi connectivity index (χ1) is 6.72. The Labute approximate surface area is 82.3 Å². The van der Waals surface area contributed by atoms with E-state index in [0.717, 1.165) is 25.7 Å². The topological polar surface area (TPSA) is 62.1 Å². The van der Waals surface area contributed by atoms with Crippen molar-refractivity contribution < 1.29 is 14.7 Å². The lowest BCUT2D eigenvalue weighted by molar-refractivity contribution is -0.0288. The summed E-state index contributed by atoms with van der Waals surface area (Å²) in [5, 5.41) is 12.6. The van der Waals surface area contributed by atoms with Crippen LogP contribution in [0, 0.1) is 0 Å². The first-order valence-corrected chi connectivity index (χ1v) is 4.90. The fraction of sp³-hybridized carbons (Fsp3) is 0.778. The van der Waals surface area contributed by atoms with E-state index in [-0.39, 0.29) is 5.60 Å². The van der Waals surface area contributed by atoms with Crippen molar-refractivity contribution in [1.29, 1.82) is 0 Å². The third kappa shape index (κ3) is 1.66. The summed E-state index contributed by atoms with van der Waals surface area (Å²) in [6.07, 6.45) is 4.27. The van der Waals surface area contributed by atoms with Crippen molar-refractivity contribution in [2.24, 2.45) is 5.16 Å². The molecule has 78 valence electrons. The smallest absolute Gasteiger partial charge is 0.407 e. The molecule has 0 bridgehead atoms. The molecule has 0 aromatic heterocycles. The fourth-order valence-corrected chi connectivity index (χ4v) is 2.04. The number of nitrogens with zero attached hydrogens (tertiary/aromatic N) is 2. The van der Waals surface area contributed by atoms with Gasteiger partial charge in [-0.25, -0.2) is 4.79 Å². The summed E-state index contributed by atoms with van der Waals surface area (Å²) in [4.78, 5) is 17.6. The molecule has 1 saturated heterocycles. The van der Waals surface area contributed by atoms with Crippen LogP contribution in [-0.4, -0.2) is 41.0 Å². The number of rotatable bonds is 0. The predicted molar refractivity (Wildman–Crippen MR) is 50.4 cm³/mol. The Hall–Kier alpha value is -1.26. The molecule has 0 aromatic rings. The highest BCUT2D eigenvalue weighted by molar-refractivity contribution is 5.65. The highest BCUT2D eigenvalue weighted by Gasteiger charge is 2.37. The summed E-state index contributed by atoms with van der Waals surface area (Å²) in [5.74, 6) is 0. The number of likely N-dealkylation sites (tertiary alicyclic amines) is 1. The Kier molecular flexibility index (Phi) is 2.31. The highest BCUT2D eigenvalue weighted by atomic mass is 16.7. The summed E-state index contributed by atoms with van der Waals surface area (Å²) in [6, 6.07) is 0. The number of carboxylic acid groups (broad SMARTS) is 1.